The maximum absolute atomic E-state index is 13.3. The van der Waals surface area contributed by atoms with Crippen LogP contribution in [0.15, 0.2) is 18.2 Å². The third-order valence-corrected chi connectivity index (χ3v) is 2.80. The second-order valence-corrected chi connectivity index (χ2v) is 4.35. The van der Waals surface area contributed by atoms with Gasteiger partial charge in [-0.25, -0.2) is 4.39 Å². The van der Waals surface area contributed by atoms with Crippen molar-refractivity contribution in [3.63, 3.8) is 0 Å². The molecule has 0 bridgehead atoms. The Morgan fingerprint density at radius 2 is 2.15 bits per heavy atom. The van der Waals surface area contributed by atoms with Gasteiger partial charge in [-0.3, -0.25) is 4.79 Å². The predicted octanol–water partition coefficient (Wildman–Crippen LogP) is 1.25. The van der Waals surface area contributed by atoms with E-state index in [0.29, 0.717) is 24.5 Å². The molecule has 20 heavy (non-hydrogen) atoms. The summed E-state index contributed by atoms with van der Waals surface area (Å²) in [5, 5.41) is 5.73. The third kappa shape index (κ3) is 5.14. The predicted molar refractivity (Wildman–Crippen MR) is 74.3 cm³/mol. The molecule has 1 unspecified atom stereocenters. The third-order valence-electron chi connectivity index (χ3n) is 2.80. The number of rotatable bonds is 8. The first-order valence-electron chi connectivity index (χ1n) is 6.41. The second-order valence-electron chi connectivity index (χ2n) is 4.35. The fourth-order valence-corrected chi connectivity index (χ4v) is 1.79. The number of amides is 1. The van der Waals surface area contributed by atoms with E-state index in [1.807, 2.05) is 0 Å². The van der Waals surface area contributed by atoms with Crippen molar-refractivity contribution in [3.05, 3.63) is 29.6 Å². The van der Waals surface area contributed by atoms with Crippen LogP contribution in [0.25, 0.3) is 0 Å². The van der Waals surface area contributed by atoms with Crippen molar-refractivity contribution in [1.29, 1.82) is 0 Å². The van der Waals surface area contributed by atoms with Crippen molar-refractivity contribution in [2.24, 2.45) is 0 Å². The highest BCUT2D eigenvalue weighted by atomic mass is 19.1. The van der Waals surface area contributed by atoms with Crippen LogP contribution in [-0.2, 0) is 9.53 Å². The van der Waals surface area contributed by atoms with E-state index in [9.17, 15) is 9.18 Å². The van der Waals surface area contributed by atoms with Crippen LogP contribution in [0.2, 0.25) is 0 Å². The molecule has 2 N–H and O–H groups in total. The molecule has 1 aromatic rings. The number of methoxy groups -OCH3 is 2. The molecule has 0 spiro atoms. The van der Waals surface area contributed by atoms with Gasteiger partial charge >= 0.3 is 0 Å². The Bertz CT molecular complexity index is 440. The summed E-state index contributed by atoms with van der Waals surface area (Å²) >= 11 is 0. The number of halogens is 1. The molecule has 112 valence electrons. The topological polar surface area (TPSA) is 59.6 Å². The summed E-state index contributed by atoms with van der Waals surface area (Å²) in [5.74, 6) is 0.0200. The Morgan fingerprint density at radius 3 is 2.80 bits per heavy atom. The Kier molecular flexibility index (Phi) is 6.97. The molecule has 0 aliphatic carbocycles. The lowest BCUT2D eigenvalue weighted by Gasteiger charge is -2.17. The first-order chi connectivity index (χ1) is 9.58. The van der Waals surface area contributed by atoms with E-state index >= 15 is 0 Å². The van der Waals surface area contributed by atoms with Crippen molar-refractivity contribution in [2.75, 3.05) is 33.9 Å². The number of carbonyl (C=O) groups is 1. The SMILES string of the molecule is COCCNCC(=O)NC(C)c1cc(F)ccc1OC. The lowest BCUT2D eigenvalue weighted by molar-refractivity contribution is -0.120. The van der Waals surface area contributed by atoms with Gasteiger partial charge in [-0.1, -0.05) is 0 Å². The van der Waals surface area contributed by atoms with E-state index in [-0.39, 0.29) is 24.3 Å². The average molecular weight is 284 g/mol. The normalized spacial score (nSPS) is 12.0. The van der Waals surface area contributed by atoms with Crippen LogP contribution in [0.3, 0.4) is 0 Å². The van der Waals surface area contributed by atoms with E-state index in [0.717, 1.165) is 0 Å². The molecule has 0 saturated carbocycles. The van der Waals surface area contributed by atoms with Crippen LogP contribution in [0.5, 0.6) is 5.75 Å². The van der Waals surface area contributed by atoms with Gasteiger partial charge in [0.25, 0.3) is 0 Å². The number of hydrogen-bond donors (Lipinski definition) is 2. The summed E-state index contributed by atoms with van der Waals surface area (Å²) < 4.78 is 23.3. The first kappa shape index (κ1) is 16.4. The average Bonchev–Trinajstić information content (AvgIpc) is 2.43. The molecule has 0 aromatic heterocycles. The Morgan fingerprint density at radius 1 is 1.40 bits per heavy atom. The Labute approximate surface area is 118 Å². The molecule has 1 atom stereocenters. The molecule has 0 heterocycles. The monoisotopic (exact) mass is 284 g/mol. The van der Waals surface area contributed by atoms with Crippen molar-refractivity contribution < 1.29 is 18.7 Å². The van der Waals surface area contributed by atoms with Crippen molar-refractivity contribution in [3.8, 4) is 5.75 Å². The minimum Gasteiger partial charge on any atom is -0.496 e. The second kappa shape index (κ2) is 8.50. The summed E-state index contributed by atoms with van der Waals surface area (Å²) in [4.78, 5) is 11.7. The standard InChI is InChI=1S/C14H21FN2O3/c1-10(17-14(18)9-16-6-7-19-2)12-8-11(15)4-5-13(12)20-3/h4-5,8,10,16H,6-7,9H2,1-3H3,(H,17,18). The van der Waals surface area contributed by atoms with Gasteiger partial charge in [0, 0.05) is 19.2 Å². The van der Waals surface area contributed by atoms with E-state index in [2.05, 4.69) is 10.6 Å². The molecule has 0 aliphatic heterocycles. The van der Waals surface area contributed by atoms with E-state index in [1.165, 1.54) is 19.2 Å². The van der Waals surface area contributed by atoms with Gasteiger partial charge < -0.3 is 20.1 Å². The van der Waals surface area contributed by atoms with Crippen LogP contribution in [0, 0.1) is 5.82 Å². The van der Waals surface area contributed by atoms with Gasteiger partial charge in [-0.2, -0.15) is 0 Å². The quantitative estimate of drug-likeness (QED) is 0.705. The van der Waals surface area contributed by atoms with Gasteiger partial charge in [-0.05, 0) is 25.1 Å². The van der Waals surface area contributed by atoms with Gasteiger partial charge in [0.1, 0.15) is 11.6 Å². The fraction of sp³-hybridized carbons (Fsp3) is 0.500. The van der Waals surface area contributed by atoms with Gasteiger partial charge in [0.2, 0.25) is 5.91 Å². The van der Waals surface area contributed by atoms with Crippen molar-refractivity contribution >= 4 is 5.91 Å². The van der Waals surface area contributed by atoms with Crippen LogP contribution in [0.1, 0.15) is 18.5 Å². The molecular formula is C14H21FN2O3. The zero-order valence-electron chi connectivity index (χ0n) is 12.0. The molecule has 5 nitrogen and oxygen atoms in total. The Balaban J connectivity index is 2.55. The van der Waals surface area contributed by atoms with E-state index in [1.54, 1.807) is 20.1 Å². The Hall–Kier alpha value is -1.66. The minimum absolute atomic E-state index is 0.167. The van der Waals surface area contributed by atoms with Crippen LogP contribution in [0.4, 0.5) is 4.39 Å². The number of benzene rings is 1. The van der Waals surface area contributed by atoms with Crippen LogP contribution >= 0.6 is 0 Å². The van der Waals surface area contributed by atoms with Crippen molar-refractivity contribution in [2.45, 2.75) is 13.0 Å². The molecule has 1 amide bonds. The fourth-order valence-electron chi connectivity index (χ4n) is 1.79. The smallest absolute Gasteiger partial charge is 0.234 e. The van der Waals surface area contributed by atoms with Crippen molar-refractivity contribution in [1.82, 2.24) is 10.6 Å². The summed E-state index contributed by atoms with van der Waals surface area (Å²) in [5.41, 5.74) is 0.609. The summed E-state index contributed by atoms with van der Waals surface area (Å²) in [6.45, 7) is 3.11. The molecule has 0 radical (unpaired) electrons. The first-order valence-corrected chi connectivity index (χ1v) is 6.41. The highest BCUT2D eigenvalue weighted by Crippen LogP contribution is 2.25. The number of carbonyl (C=O) groups excluding carboxylic acids is 1. The summed E-state index contributed by atoms with van der Waals surface area (Å²) in [7, 11) is 3.11. The summed E-state index contributed by atoms with van der Waals surface area (Å²) in [6.07, 6.45) is 0. The van der Waals surface area contributed by atoms with Crippen LogP contribution in [-0.4, -0.2) is 39.8 Å². The van der Waals surface area contributed by atoms with E-state index in [4.69, 9.17) is 9.47 Å². The zero-order chi connectivity index (χ0) is 15.0. The molecule has 1 rings (SSSR count). The van der Waals surface area contributed by atoms with Gasteiger partial charge in [-0.15, -0.1) is 0 Å². The molecule has 0 fully saturated rings. The minimum atomic E-state index is -0.361. The van der Waals surface area contributed by atoms with Gasteiger partial charge in [0.05, 0.1) is 26.3 Å². The molecule has 0 aliphatic rings. The van der Waals surface area contributed by atoms with Gasteiger partial charge in [0.15, 0.2) is 0 Å². The maximum Gasteiger partial charge on any atom is 0.234 e. The highest BCUT2D eigenvalue weighted by molar-refractivity contribution is 5.78. The number of hydrogen-bond acceptors (Lipinski definition) is 4. The van der Waals surface area contributed by atoms with Crippen LogP contribution < -0.4 is 15.4 Å². The highest BCUT2D eigenvalue weighted by Gasteiger charge is 2.14. The molecule has 6 heteroatoms. The maximum atomic E-state index is 13.3. The largest absolute Gasteiger partial charge is 0.496 e. The lowest BCUT2D eigenvalue weighted by Crippen LogP contribution is -2.36. The number of ether oxygens (including phenoxy) is 2. The summed E-state index contributed by atoms with van der Waals surface area (Å²) in [6, 6.07) is 3.90. The number of nitrogens with one attached hydrogen (secondary N) is 2. The van der Waals surface area contributed by atoms with E-state index < -0.39 is 0 Å². The zero-order valence-corrected chi connectivity index (χ0v) is 12.0. The molecular weight excluding hydrogens is 263 g/mol. The lowest BCUT2D eigenvalue weighted by atomic mass is 10.1. The molecule has 0 saturated heterocycles. The molecule has 1 aromatic carbocycles.